The van der Waals surface area contributed by atoms with Crippen LogP contribution in [0, 0.1) is 6.92 Å². The molecule has 0 saturated heterocycles. The molecule has 112 valence electrons. The number of benzene rings is 1. The van der Waals surface area contributed by atoms with Gasteiger partial charge in [0.15, 0.2) is 0 Å². The number of aryl methyl sites for hydroxylation is 1. The van der Waals surface area contributed by atoms with Crippen LogP contribution in [0.2, 0.25) is 5.02 Å². The molecule has 0 spiro atoms. The predicted octanol–water partition coefficient (Wildman–Crippen LogP) is 2.13. The SMILES string of the molecule is CSCC[C@H](NS(=O)(=O)c1ccc(Cl)cc1C)C(=O)O. The van der Waals surface area contributed by atoms with Crippen LogP contribution in [0.5, 0.6) is 0 Å². The van der Waals surface area contributed by atoms with E-state index in [9.17, 15) is 13.2 Å². The third-order valence-corrected chi connectivity index (χ3v) is 5.14. The fraction of sp³-hybridized carbons (Fsp3) is 0.417. The number of halogens is 1. The van der Waals surface area contributed by atoms with Crippen molar-refractivity contribution < 1.29 is 18.3 Å². The Kier molecular flexibility index (Phi) is 6.32. The summed E-state index contributed by atoms with van der Waals surface area (Å²) in [5.41, 5.74) is 0.471. The number of hydrogen-bond donors (Lipinski definition) is 2. The Morgan fingerprint density at radius 3 is 2.65 bits per heavy atom. The Balaban J connectivity index is 3.00. The second kappa shape index (κ2) is 7.31. The Hall–Kier alpha value is -0.760. The van der Waals surface area contributed by atoms with E-state index >= 15 is 0 Å². The van der Waals surface area contributed by atoms with Gasteiger partial charge in [-0.15, -0.1) is 0 Å². The van der Waals surface area contributed by atoms with Crippen molar-refractivity contribution in [3.63, 3.8) is 0 Å². The van der Waals surface area contributed by atoms with E-state index in [2.05, 4.69) is 4.72 Å². The van der Waals surface area contributed by atoms with Gasteiger partial charge in [-0.25, -0.2) is 8.42 Å². The molecule has 1 atom stereocenters. The fourth-order valence-electron chi connectivity index (χ4n) is 1.63. The number of nitrogens with one attached hydrogen (secondary N) is 1. The molecular formula is C12H16ClNO4S2. The van der Waals surface area contributed by atoms with Crippen LogP contribution < -0.4 is 4.72 Å². The number of sulfonamides is 1. The number of carboxylic acid groups (broad SMARTS) is 1. The number of rotatable bonds is 7. The van der Waals surface area contributed by atoms with Gasteiger partial charge < -0.3 is 5.11 Å². The zero-order valence-corrected chi connectivity index (χ0v) is 13.5. The molecule has 0 bridgehead atoms. The van der Waals surface area contributed by atoms with Crippen molar-refractivity contribution in [1.82, 2.24) is 4.72 Å². The summed E-state index contributed by atoms with van der Waals surface area (Å²) >= 11 is 7.24. The lowest BCUT2D eigenvalue weighted by Crippen LogP contribution is -2.41. The number of thioether (sulfide) groups is 1. The molecular weight excluding hydrogens is 322 g/mol. The zero-order valence-electron chi connectivity index (χ0n) is 11.1. The second-order valence-corrected chi connectivity index (χ2v) is 7.31. The number of carboxylic acids is 1. The van der Waals surface area contributed by atoms with Crippen molar-refractivity contribution >= 4 is 39.4 Å². The number of carbonyl (C=O) groups is 1. The molecule has 1 rings (SSSR count). The Bertz CT molecular complexity index is 589. The van der Waals surface area contributed by atoms with Gasteiger partial charge >= 0.3 is 5.97 Å². The van der Waals surface area contributed by atoms with Crippen LogP contribution >= 0.6 is 23.4 Å². The average molecular weight is 338 g/mol. The zero-order chi connectivity index (χ0) is 15.3. The number of hydrogen-bond acceptors (Lipinski definition) is 4. The van der Waals surface area contributed by atoms with E-state index in [0.717, 1.165) is 0 Å². The van der Waals surface area contributed by atoms with Crippen molar-refractivity contribution in [1.29, 1.82) is 0 Å². The van der Waals surface area contributed by atoms with Crippen LogP contribution in [0.15, 0.2) is 23.1 Å². The van der Waals surface area contributed by atoms with Crippen LogP contribution in [-0.2, 0) is 14.8 Å². The second-order valence-electron chi connectivity index (χ2n) is 4.20. The van der Waals surface area contributed by atoms with Gasteiger partial charge in [-0.3, -0.25) is 4.79 Å². The van der Waals surface area contributed by atoms with E-state index in [-0.39, 0.29) is 11.3 Å². The van der Waals surface area contributed by atoms with Crippen molar-refractivity contribution in [2.75, 3.05) is 12.0 Å². The molecule has 0 unspecified atom stereocenters. The van der Waals surface area contributed by atoms with Crippen LogP contribution in [0.4, 0.5) is 0 Å². The van der Waals surface area contributed by atoms with Gasteiger partial charge in [0.25, 0.3) is 0 Å². The average Bonchev–Trinajstić information content (AvgIpc) is 2.33. The molecule has 0 aliphatic heterocycles. The van der Waals surface area contributed by atoms with Crippen molar-refractivity contribution in [3.05, 3.63) is 28.8 Å². The molecule has 0 aliphatic rings. The molecule has 2 N–H and O–H groups in total. The highest BCUT2D eigenvalue weighted by Gasteiger charge is 2.26. The fourth-order valence-corrected chi connectivity index (χ4v) is 3.78. The molecule has 0 heterocycles. The maximum Gasteiger partial charge on any atom is 0.321 e. The Labute approximate surface area is 127 Å². The van der Waals surface area contributed by atoms with Crippen LogP contribution in [0.25, 0.3) is 0 Å². The third-order valence-electron chi connectivity index (χ3n) is 2.63. The summed E-state index contributed by atoms with van der Waals surface area (Å²) in [5.74, 6) is -0.631. The summed E-state index contributed by atoms with van der Waals surface area (Å²) in [4.78, 5) is 11.1. The van der Waals surface area contributed by atoms with Gasteiger partial charge in [0, 0.05) is 5.02 Å². The summed E-state index contributed by atoms with van der Waals surface area (Å²) in [6.07, 6.45) is 2.05. The first-order valence-electron chi connectivity index (χ1n) is 5.78. The highest BCUT2D eigenvalue weighted by atomic mass is 35.5. The first-order chi connectivity index (χ1) is 9.27. The minimum absolute atomic E-state index is 0.0392. The van der Waals surface area contributed by atoms with Crippen LogP contribution in [0.1, 0.15) is 12.0 Å². The van der Waals surface area contributed by atoms with Gasteiger partial charge in [-0.2, -0.15) is 16.5 Å². The Morgan fingerprint density at radius 2 is 2.15 bits per heavy atom. The minimum Gasteiger partial charge on any atom is -0.480 e. The van der Waals surface area contributed by atoms with E-state index in [1.54, 1.807) is 6.92 Å². The van der Waals surface area contributed by atoms with E-state index in [1.807, 2.05) is 6.26 Å². The highest BCUT2D eigenvalue weighted by molar-refractivity contribution is 7.98. The molecule has 8 heteroatoms. The third kappa shape index (κ3) is 4.66. The van der Waals surface area contributed by atoms with Crippen molar-refractivity contribution in [2.24, 2.45) is 0 Å². The van der Waals surface area contributed by atoms with Gasteiger partial charge in [0.05, 0.1) is 4.90 Å². The number of aliphatic carboxylic acids is 1. The van der Waals surface area contributed by atoms with Gasteiger partial charge in [0.1, 0.15) is 6.04 Å². The summed E-state index contributed by atoms with van der Waals surface area (Å²) in [6, 6.07) is 3.21. The predicted molar refractivity (Wildman–Crippen MR) is 80.9 cm³/mol. The first-order valence-corrected chi connectivity index (χ1v) is 9.03. The van der Waals surface area contributed by atoms with Gasteiger partial charge in [-0.05, 0) is 49.1 Å². The lowest BCUT2D eigenvalue weighted by Gasteiger charge is -2.15. The molecule has 0 aliphatic carbocycles. The monoisotopic (exact) mass is 337 g/mol. The molecule has 20 heavy (non-hydrogen) atoms. The van der Waals surface area contributed by atoms with E-state index in [0.29, 0.717) is 16.3 Å². The smallest absolute Gasteiger partial charge is 0.321 e. The van der Waals surface area contributed by atoms with E-state index < -0.39 is 22.0 Å². The largest absolute Gasteiger partial charge is 0.480 e. The van der Waals surface area contributed by atoms with Gasteiger partial charge in [-0.1, -0.05) is 11.6 Å². The standard InChI is InChI=1S/C12H16ClNO4S2/c1-8-7-9(13)3-4-11(8)20(17,18)14-10(12(15)16)5-6-19-2/h3-4,7,10,14H,5-6H2,1-2H3,(H,15,16)/t10-/m0/s1. The normalized spacial score (nSPS) is 13.2. The van der Waals surface area contributed by atoms with Crippen LogP contribution in [-0.4, -0.2) is 37.5 Å². The van der Waals surface area contributed by atoms with Crippen molar-refractivity contribution in [2.45, 2.75) is 24.3 Å². The summed E-state index contributed by atoms with van der Waals surface area (Å²) in [7, 11) is -3.88. The molecule has 5 nitrogen and oxygen atoms in total. The van der Waals surface area contributed by atoms with Crippen LogP contribution in [0.3, 0.4) is 0 Å². The lowest BCUT2D eigenvalue weighted by atomic mass is 10.2. The minimum atomic E-state index is -3.88. The molecule has 0 aromatic heterocycles. The quantitative estimate of drug-likeness (QED) is 0.796. The molecule has 1 aromatic rings. The van der Waals surface area contributed by atoms with E-state index in [4.69, 9.17) is 16.7 Å². The lowest BCUT2D eigenvalue weighted by molar-refractivity contribution is -0.139. The molecule has 0 amide bonds. The summed E-state index contributed by atoms with van der Waals surface area (Å²) in [6.45, 7) is 1.61. The van der Waals surface area contributed by atoms with Crippen molar-refractivity contribution in [3.8, 4) is 0 Å². The molecule has 0 fully saturated rings. The molecule has 0 radical (unpaired) electrons. The van der Waals surface area contributed by atoms with E-state index in [1.165, 1.54) is 30.0 Å². The molecule has 1 aromatic carbocycles. The first kappa shape index (κ1) is 17.3. The topological polar surface area (TPSA) is 83.5 Å². The summed E-state index contributed by atoms with van der Waals surface area (Å²) < 4.78 is 26.7. The highest BCUT2D eigenvalue weighted by Crippen LogP contribution is 2.20. The molecule has 0 saturated carbocycles. The maximum absolute atomic E-state index is 12.2. The Morgan fingerprint density at radius 1 is 1.50 bits per heavy atom. The summed E-state index contributed by atoms with van der Waals surface area (Å²) in [5, 5.41) is 9.50. The van der Waals surface area contributed by atoms with Gasteiger partial charge in [0.2, 0.25) is 10.0 Å². The maximum atomic E-state index is 12.2.